The predicted molar refractivity (Wildman–Crippen MR) is 45.9 cm³/mol. The Morgan fingerprint density at radius 3 is 2.75 bits per heavy atom. The first-order chi connectivity index (χ1) is 5.63. The Morgan fingerprint density at radius 1 is 1.75 bits per heavy atom. The maximum atomic E-state index is 11.2. The molecular formula is C8H16N2O2. The van der Waals surface area contributed by atoms with E-state index in [2.05, 4.69) is 5.32 Å². The van der Waals surface area contributed by atoms with Crippen LogP contribution in [0, 0.1) is 0 Å². The van der Waals surface area contributed by atoms with Gasteiger partial charge in [0.2, 0.25) is 0 Å². The van der Waals surface area contributed by atoms with Gasteiger partial charge in [-0.3, -0.25) is 0 Å². The van der Waals surface area contributed by atoms with Crippen molar-refractivity contribution < 1.29 is 9.90 Å². The topological polar surface area (TPSA) is 52.6 Å². The molecule has 0 spiro atoms. The van der Waals surface area contributed by atoms with Gasteiger partial charge in [0.05, 0.1) is 19.2 Å². The molecule has 0 aromatic carbocycles. The van der Waals surface area contributed by atoms with E-state index < -0.39 is 0 Å². The lowest BCUT2D eigenvalue weighted by Crippen LogP contribution is -2.57. The molecule has 0 saturated carbocycles. The highest BCUT2D eigenvalue weighted by molar-refractivity contribution is 5.75. The summed E-state index contributed by atoms with van der Waals surface area (Å²) in [4.78, 5) is 12.9. The van der Waals surface area contributed by atoms with Crippen molar-refractivity contribution in [3.63, 3.8) is 0 Å². The van der Waals surface area contributed by atoms with Crippen molar-refractivity contribution in [2.45, 2.75) is 32.4 Å². The fourth-order valence-corrected chi connectivity index (χ4v) is 1.03. The summed E-state index contributed by atoms with van der Waals surface area (Å²) in [6, 6.07) is 0.157. The molecule has 70 valence electrons. The van der Waals surface area contributed by atoms with Gasteiger partial charge in [0.1, 0.15) is 0 Å². The van der Waals surface area contributed by atoms with E-state index in [4.69, 9.17) is 5.11 Å². The number of nitrogens with one attached hydrogen (secondary N) is 1. The smallest absolute Gasteiger partial charge is 0.317 e. The summed E-state index contributed by atoms with van der Waals surface area (Å²) in [5.41, 5.74) is 0. The van der Waals surface area contributed by atoms with Crippen LogP contribution in [0.1, 0.15) is 20.3 Å². The molecule has 4 nitrogen and oxygen atoms in total. The van der Waals surface area contributed by atoms with Gasteiger partial charge in [-0.05, 0) is 13.3 Å². The minimum atomic E-state index is -0.312. The second kappa shape index (κ2) is 3.76. The zero-order valence-electron chi connectivity index (χ0n) is 7.58. The first-order valence-corrected chi connectivity index (χ1v) is 4.37. The van der Waals surface area contributed by atoms with Crippen LogP contribution >= 0.6 is 0 Å². The van der Waals surface area contributed by atoms with Crippen LogP contribution in [0.4, 0.5) is 4.79 Å². The number of aliphatic hydroxyl groups excluding tert-OH is 1. The van der Waals surface area contributed by atoms with Crippen molar-refractivity contribution >= 4 is 6.03 Å². The molecule has 4 heteroatoms. The van der Waals surface area contributed by atoms with Gasteiger partial charge in [0.15, 0.2) is 0 Å². The van der Waals surface area contributed by atoms with Gasteiger partial charge in [0.25, 0.3) is 0 Å². The monoisotopic (exact) mass is 172 g/mol. The molecule has 1 heterocycles. The second-order valence-corrected chi connectivity index (χ2v) is 3.32. The second-order valence-electron chi connectivity index (χ2n) is 3.32. The molecule has 0 aromatic rings. The Balaban J connectivity index is 2.20. The number of likely N-dealkylation sites (tertiary alicyclic amines) is 1. The van der Waals surface area contributed by atoms with Crippen molar-refractivity contribution in [2.24, 2.45) is 0 Å². The van der Waals surface area contributed by atoms with E-state index in [1.807, 2.05) is 13.8 Å². The third kappa shape index (κ3) is 2.11. The lowest BCUT2D eigenvalue weighted by molar-refractivity contribution is 0.0259. The van der Waals surface area contributed by atoms with Crippen LogP contribution in [0.25, 0.3) is 0 Å². The van der Waals surface area contributed by atoms with Gasteiger partial charge in [-0.25, -0.2) is 4.79 Å². The van der Waals surface area contributed by atoms with Crippen molar-refractivity contribution in [1.82, 2.24) is 10.2 Å². The van der Waals surface area contributed by atoms with Gasteiger partial charge in [-0.2, -0.15) is 0 Å². The van der Waals surface area contributed by atoms with E-state index in [1.165, 1.54) is 0 Å². The quantitative estimate of drug-likeness (QED) is 0.624. The van der Waals surface area contributed by atoms with Crippen LogP contribution in [0.15, 0.2) is 0 Å². The van der Waals surface area contributed by atoms with E-state index in [0.29, 0.717) is 13.1 Å². The molecule has 1 aliphatic heterocycles. The van der Waals surface area contributed by atoms with Crippen LogP contribution in [0.3, 0.4) is 0 Å². The molecule has 1 fully saturated rings. The number of hydrogen-bond donors (Lipinski definition) is 2. The molecule has 1 unspecified atom stereocenters. The summed E-state index contributed by atoms with van der Waals surface area (Å²) in [6.45, 7) is 4.94. The molecule has 1 saturated heterocycles. The SMILES string of the molecule is CCC(C)NC(=O)N1CC(O)C1. The van der Waals surface area contributed by atoms with Crippen molar-refractivity contribution in [3.05, 3.63) is 0 Å². The van der Waals surface area contributed by atoms with Crippen molar-refractivity contribution in [3.8, 4) is 0 Å². The van der Waals surface area contributed by atoms with Crippen molar-refractivity contribution in [2.75, 3.05) is 13.1 Å². The minimum Gasteiger partial charge on any atom is -0.389 e. The standard InChI is InChI=1S/C8H16N2O2/c1-3-6(2)9-8(12)10-4-7(11)5-10/h6-7,11H,3-5H2,1-2H3,(H,9,12). The number of carbonyl (C=O) groups is 1. The molecule has 0 radical (unpaired) electrons. The van der Waals surface area contributed by atoms with Gasteiger partial charge in [-0.1, -0.05) is 6.92 Å². The Kier molecular flexibility index (Phi) is 2.92. The molecule has 1 rings (SSSR count). The summed E-state index contributed by atoms with van der Waals surface area (Å²) in [6.07, 6.45) is 0.620. The lowest BCUT2D eigenvalue weighted by Gasteiger charge is -2.36. The zero-order valence-corrected chi connectivity index (χ0v) is 7.58. The molecule has 1 aliphatic rings. The highest BCUT2D eigenvalue weighted by Gasteiger charge is 2.28. The number of rotatable bonds is 2. The number of nitrogens with zero attached hydrogens (tertiary/aromatic N) is 1. The number of amides is 2. The van der Waals surface area contributed by atoms with E-state index in [-0.39, 0.29) is 18.2 Å². The molecule has 0 bridgehead atoms. The predicted octanol–water partition coefficient (Wildman–Crippen LogP) is 0.171. The maximum absolute atomic E-state index is 11.2. The van der Waals surface area contributed by atoms with Crippen molar-refractivity contribution in [1.29, 1.82) is 0 Å². The first kappa shape index (κ1) is 9.32. The Morgan fingerprint density at radius 2 is 2.33 bits per heavy atom. The van der Waals surface area contributed by atoms with Gasteiger partial charge >= 0.3 is 6.03 Å². The van der Waals surface area contributed by atoms with E-state index >= 15 is 0 Å². The van der Waals surface area contributed by atoms with Crippen LogP contribution in [-0.4, -0.2) is 41.3 Å². The molecule has 12 heavy (non-hydrogen) atoms. The highest BCUT2D eigenvalue weighted by atomic mass is 16.3. The number of urea groups is 1. The summed E-state index contributed by atoms with van der Waals surface area (Å²) in [5, 5.41) is 11.8. The van der Waals surface area contributed by atoms with Crippen LogP contribution in [0.2, 0.25) is 0 Å². The Bertz CT molecular complexity index is 166. The van der Waals surface area contributed by atoms with Crippen LogP contribution in [-0.2, 0) is 0 Å². The maximum Gasteiger partial charge on any atom is 0.317 e. The van der Waals surface area contributed by atoms with Crippen LogP contribution in [0.5, 0.6) is 0 Å². The molecule has 0 aromatic heterocycles. The van der Waals surface area contributed by atoms with E-state index in [9.17, 15) is 4.79 Å². The van der Waals surface area contributed by atoms with Gasteiger partial charge in [-0.15, -0.1) is 0 Å². The van der Waals surface area contributed by atoms with Gasteiger partial charge in [0, 0.05) is 6.04 Å². The largest absolute Gasteiger partial charge is 0.389 e. The summed E-state index contributed by atoms with van der Waals surface area (Å²) in [7, 11) is 0. The average Bonchev–Trinajstić information content (AvgIpc) is 1.98. The lowest BCUT2D eigenvalue weighted by atomic mass is 10.2. The molecule has 2 amide bonds. The van der Waals surface area contributed by atoms with E-state index in [1.54, 1.807) is 4.90 Å². The molecule has 1 atom stereocenters. The Labute approximate surface area is 72.6 Å². The summed E-state index contributed by atoms with van der Waals surface area (Å²) < 4.78 is 0. The summed E-state index contributed by atoms with van der Waals surface area (Å²) in [5.74, 6) is 0. The third-order valence-corrected chi connectivity index (χ3v) is 2.13. The molecule has 2 N–H and O–H groups in total. The van der Waals surface area contributed by atoms with Crippen LogP contribution < -0.4 is 5.32 Å². The minimum absolute atomic E-state index is 0.0605. The third-order valence-electron chi connectivity index (χ3n) is 2.13. The molecular weight excluding hydrogens is 156 g/mol. The average molecular weight is 172 g/mol. The fraction of sp³-hybridized carbons (Fsp3) is 0.875. The number of aliphatic hydroxyl groups is 1. The number of hydrogen-bond acceptors (Lipinski definition) is 2. The zero-order chi connectivity index (χ0) is 9.14. The van der Waals surface area contributed by atoms with Gasteiger partial charge < -0.3 is 15.3 Å². The normalized spacial score (nSPS) is 20.1. The highest BCUT2D eigenvalue weighted by Crippen LogP contribution is 2.07. The first-order valence-electron chi connectivity index (χ1n) is 4.37. The molecule has 0 aliphatic carbocycles. The summed E-state index contributed by atoms with van der Waals surface area (Å²) >= 11 is 0. The number of carbonyl (C=O) groups excluding carboxylic acids is 1. The Hall–Kier alpha value is -0.770. The number of β-amino-alcohol motifs (C(OH)–C–C–N with tert-alkyl or cyclic N) is 1. The fourth-order valence-electron chi connectivity index (χ4n) is 1.03. The van der Waals surface area contributed by atoms with E-state index in [0.717, 1.165) is 6.42 Å².